The molecular weight excluding hydrogens is 334 g/mol. The molecular formula is C24H27NO2. The average Bonchev–Trinajstić information content (AvgIpc) is 2.99. The number of nitriles is 1. The van der Waals surface area contributed by atoms with Crippen molar-refractivity contribution in [3.05, 3.63) is 64.7 Å². The molecule has 3 unspecified atom stereocenters. The minimum absolute atomic E-state index is 0.00727. The fourth-order valence-corrected chi connectivity index (χ4v) is 4.70. The van der Waals surface area contributed by atoms with Gasteiger partial charge in [-0.1, -0.05) is 30.3 Å². The van der Waals surface area contributed by atoms with Gasteiger partial charge >= 0.3 is 0 Å². The van der Waals surface area contributed by atoms with E-state index in [1.165, 1.54) is 17.5 Å². The molecule has 0 amide bonds. The minimum Gasteiger partial charge on any atom is -0.484 e. The quantitative estimate of drug-likeness (QED) is 0.738. The van der Waals surface area contributed by atoms with Crippen molar-refractivity contribution >= 4 is 0 Å². The van der Waals surface area contributed by atoms with Crippen molar-refractivity contribution in [1.82, 2.24) is 0 Å². The highest BCUT2D eigenvalue weighted by molar-refractivity contribution is 5.46. The van der Waals surface area contributed by atoms with Gasteiger partial charge in [-0.25, -0.2) is 0 Å². The Bertz CT molecular complexity index is 831. The monoisotopic (exact) mass is 361 g/mol. The fourth-order valence-electron chi connectivity index (χ4n) is 4.70. The van der Waals surface area contributed by atoms with Gasteiger partial charge in [-0.15, -0.1) is 0 Å². The van der Waals surface area contributed by atoms with Gasteiger partial charge in [0.05, 0.1) is 5.56 Å². The van der Waals surface area contributed by atoms with Crippen molar-refractivity contribution in [2.24, 2.45) is 11.8 Å². The first-order chi connectivity index (χ1) is 13.3. The highest BCUT2D eigenvalue weighted by atomic mass is 16.5. The van der Waals surface area contributed by atoms with Crippen LogP contribution in [0.3, 0.4) is 0 Å². The Kier molecular flexibility index (Phi) is 5.45. The standard InChI is InChI=1S/C24H27NO2/c1-17-8-11-23(20(15-17)16-25)27-24-21-7-3-2-5-18(21)9-10-22(24)19-6-4-13-26-14-12-19/h2-3,5,7-8,11,15,19,22,24H,4,6,9-10,12-14H2,1H3. The number of ether oxygens (including phenoxy) is 2. The summed E-state index contributed by atoms with van der Waals surface area (Å²) in [5, 5.41) is 9.57. The minimum atomic E-state index is 0.00727. The number of nitrogens with zero attached hydrogens (tertiary/aromatic N) is 1. The Balaban J connectivity index is 1.69. The Hall–Kier alpha value is -2.31. The molecule has 1 saturated heterocycles. The summed E-state index contributed by atoms with van der Waals surface area (Å²) in [4.78, 5) is 0. The molecule has 1 heterocycles. The number of hydrogen-bond donors (Lipinski definition) is 0. The van der Waals surface area contributed by atoms with Crippen LogP contribution < -0.4 is 4.74 Å². The SMILES string of the molecule is Cc1ccc(OC2c3ccccc3CCC2C2CCCOCC2)c(C#N)c1. The zero-order valence-corrected chi connectivity index (χ0v) is 16.0. The van der Waals surface area contributed by atoms with Crippen LogP contribution in [0.1, 0.15) is 54.0 Å². The molecule has 0 bridgehead atoms. The molecule has 0 aromatic heterocycles. The second-order valence-corrected chi connectivity index (χ2v) is 7.85. The molecule has 3 heteroatoms. The van der Waals surface area contributed by atoms with E-state index in [1.54, 1.807) is 0 Å². The summed E-state index contributed by atoms with van der Waals surface area (Å²) in [5.74, 6) is 1.79. The van der Waals surface area contributed by atoms with E-state index in [0.717, 1.165) is 44.5 Å². The number of benzene rings is 2. The second kappa shape index (κ2) is 8.15. The maximum absolute atomic E-state index is 9.57. The molecule has 140 valence electrons. The summed E-state index contributed by atoms with van der Waals surface area (Å²) < 4.78 is 12.3. The van der Waals surface area contributed by atoms with Crippen LogP contribution in [-0.2, 0) is 11.2 Å². The molecule has 2 aliphatic rings. The van der Waals surface area contributed by atoms with Crippen molar-refractivity contribution < 1.29 is 9.47 Å². The van der Waals surface area contributed by atoms with E-state index in [2.05, 4.69) is 30.3 Å². The maximum Gasteiger partial charge on any atom is 0.138 e. The zero-order chi connectivity index (χ0) is 18.6. The zero-order valence-electron chi connectivity index (χ0n) is 16.0. The molecule has 3 atom stereocenters. The van der Waals surface area contributed by atoms with E-state index in [1.807, 2.05) is 25.1 Å². The van der Waals surface area contributed by atoms with Crippen molar-refractivity contribution in [3.8, 4) is 11.8 Å². The normalized spacial score (nSPS) is 25.1. The van der Waals surface area contributed by atoms with E-state index in [-0.39, 0.29) is 6.10 Å². The molecule has 4 rings (SSSR count). The lowest BCUT2D eigenvalue weighted by atomic mass is 9.72. The van der Waals surface area contributed by atoms with Gasteiger partial charge in [0.2, 0.25) is 0 Å². The van der Waals surface area contributed by atoms with Gasteiger partial charge in [0.15, 0.2) is 0 Å². The number of aryl methyl sites for hydroxylation is 2. The van der Waals surface area contributed by atoms with Crippen molar-refractivity contribution in [2.45, 2.75) is 45.1 Å². The van der Waals surface area contributed by atoms with E-state index in [9.17, 15) is 5.26 Å². The lowest BCUT2D eigenvalue weighted by Gasteiger charge is -2.38. The van der Waals surface area contributed by atoms with Crippen molar-refractivity contribution in [1.29, 1.82) is 5.26 Å². The van der Waals surface area contributed by atoms with Gasteiger partial charge in [0, 0.05) is 19.1 Å². The first-order valence-electron chi connectivity index (χ1n) is 10.1. The Labute approximate surface area is 161 Å². The molecule has 1 aliphatic carbocycles. The summed E-state index contributed by atoms with van der Waals surface area (Å²) in [5.41, 5.74) is 4.39. The molecule has 2 aromatic carbocycles. The molecule has 0 saturated carbocycles. The molecule has 2 aromatic rings. The van der Waals surface area contributed by atoms with Gasteiger partial charge in [0.25, 0.3) is 0 Å². The number of rotatable bonds is 3. The highest BCUT2D eigenvalue weighted by Crippen LogP contribution is 2.44. The molecule has 0 radical (unpaired) electrons. The second-order valence-electron chi connectivity index (χ2n) is 7.85. The first-order valence-corrected chi connectivity index (χ1v) is 10.1. The van der Waals surface area contributed by atoms with Crippen LogP contribution in [0.25, 0.3) is 0 Å². The van der Waals surface area contributed by atoms with Crippen molar-refractivity contribution in [2.75, 3.05) is 13.2 Å². The largest absolute Gasteiger partial charge is 0.484 e. The summed E-state index contributed by atoms with van der Waals surface area (Å²) in [7, 11) is 0. The van der Waals surface area contributed by atoms with Crippen LogP contribution in [0, 0.1) is 30.1 Å². The molecule has 0 N–H and O–H groups in total. The summed E-state index contributed by atoms with van der Waals surface area (Å²) in [6.07, 6.45) is 5.69. The van der Waals surface area contributed by atoms with E-state index in [4.69, 9.17) is 9.47 Å². The maximum atomic E-state index is 9.57. The Morgan fingerprint density at radius 1 is 1.07 bits per heavy atom. The molecule has 27 heavy (non-hydrogen) atoms. The average molecular weight is 361 g/mol. The predicted octanol–water partition coefficient (Wildman–Crippen LogP) is 5.37. The van der Waals surface area contributed by atoms with Gasteiger partial charge < -0.3 is 9.47 Å². The fraction of sp³-hybridized carbons (Fsp3) is 0.458. The van der Waals surface area contributed by atoms with E-state index >= 15 is 0 Å². The van der Waals surface area contributed by atoms with E-state index in [0.29, 0.717) is 23.1 Å². The summed E-state index contributed by atoms with van der Waals surface area (Å²) >= 11 is 0. The molecule has 1 fully saturated rings. The van der Waals surface area contributed by atoms with Crippen LogP contribution in [0.15, 0.2) is 42.5 Å². The van der Waals surface area contributed by atoms with Gasteiger partial charge in [-0.3, -0.25) is 0 Å². The van der Waals surface area contributed by atoms with Gasteiger partial charge in [-0.2, -0.15) is 5.26 Å². The van der Waals surface area contributed by atoms with Crippen LogP contribution in [0.5, 0.6) is 5.75 Å². The molecule has 1 aliphatic heterocycles. The number of fused-ring (bicyclic) bond motifs is 1. The molecule has 0 spiro atoms. The highest BCUT2D eigenvalue weighted by Gasteiger charge is 2.37. The Morgan fingerprint density at radius 3 is 2.85 bits per heavy atom. The predicted molar refractivity (Wildman–Crippen MR) is 106 cm³/mol. The number of hydrogen-bond acceptors (Lipinski definition) is 3. The third-order valence-electron chi connectivity index (χ3n) is 6.11. The third-order valence-corrected chi connectivity index (χ3v) is 6.11. The molecule has 3 nitrogen and oxygen atoms in total. The third kappa shape index (κ3) is 3.87. The lowest BCUT2D eigenvalue weighted by Crippen LogP contribution is -2.31. The lowest BCUT2D eigenvalue weighted by molar-refractivity contribution is 0.0676. The van der Waals surface area contributed by atoms with Gasteiger partial charge in [-0.05, 0) is 73.8 Å². The van der Waals surface area contributed by atoms with Crippen molar-refractivity contribution in [3.63, 3.8) is 0 Å². The summed E-state index contributed by atoms with van der Waals surface area (Å²) in [6, 6.07) is 16.9. The first kappa shape index (κ1) is 18.1. The van der Waals surface area contributed by atoms with Crippen LogP contribution in [-0.4, -0.2) is 13.2 Å². The topological polar surface area (TPSA) is 42.2 Å². The van der Waals surface area contributed by atoms with Crippen LogP contribution in [0.4, 0.5) is 0 Å². The Morgan fingerprint density at radius 2 is 1.96 bits per heavy atom. The summed E-state index contributed by atoms with van der Waals surface area (Å²) in [6.45, 7) is 3.74. The van der Waals surface area contributed by atoms with Crippen LogP contribution >= 0.6 is 0 Å². The van der Waals surface area contributed by atoms with Gasteiger partial charge in [0.1, 0.15) is 17.9 Å². The van der Waals surface area contributed by atoms with E-state index < -0.39 is 0 Å². The van der Waals surface area contributed by atoms with Crippen LogP contribution in [0.2, 0.25) is 0 Å². The smallest absolute Gasteiger partial charge is 0.138 e.